The van der Waals surface area contributed by atoms with E-state index in [9.17, 15) is 0 Å². The smallest absolute Gasteiger partial charge is 0.263 e. The van der Waals surface area contributed by atoms with Crippen LogP contribution in [0.1, 0.15) is 82.6 Å². The molecule has 200 valence electrons. The number of para-hydroxylation sites is 2. The largest absolute Gasteiger partial charge is 0.296 e. The summed E-state index contributed by atoms with van der Waals surface area (Å²) in [6.45, 7) is 18.3. The molecule has 0 aliphatic heterocycles. The van der Waals surface area contributed by atoms with E-state index < -0.39 is 0 Å². The molecule has 39 heavy (non-hydrogen) atoms. The van der Waals surface area contributed by atoms with Gasteiger partial charge in [0.05, 0.1) is 12.6 Å². The van der Waals surface area contributed by atoms with Crippen molar-refractivity contribution in [2.24, 2.45) is 7.05 Å². The first-order valence-corrected chi connectivity index (χ1v) is 14.2. The highest BCUT2D eigenvalue weighted by atomic mass is 15.2. The summed E-state index contributed by atoms with van der Waals surface area (Å²) in [4.78, 5) is 4.78. The summed E-state index contributed by atoms with van der Waals surface area (Å²) in [5, 5.41) is 0. The average molecular weight is 517 g/mol. The van der Waals surface area contributed by atoms with Crippen molar-refractivity contribution < 1.29 is 4.57 Å². The minimum Gasteiger partial charge on any atom is -0.263 e. The summed E-state index contributed by atoms with van der Waals surface area (Å²) in [7, 11) is 2.19. The van der Waals surface area contributed by atoms with Gasteiger partial charge in [0.25, 0.3) is 5.82 Å². The Morgan fingerprint density at radius 1 is 0.769 bits per heavy atom. The average Bonchev–Trinajstić information content (AvgIpc) is 3.19. The Morgan fingerprint density at radius 3 is 1.95 bits per heavy atom. The maximum Gasteiger partial charge on any atom is 0.296 e. The van der Waals surface area contributed by atoms with Crippen LogP contribution in [0.25, 0.3) is 39.2 Å². The molecule has 5 rings (SSSR count). The van der Waals surface area contributed by atoms with Crippen molar-refractivity contribution >= 4 is 11.0 Å². The molecule has 0 spiro atoms. The summed E-state index contributed by atoms with van der Waals surface area (Å²) < 4.78 is 4.87. The van der Waals surface area contributed by atoms with Crippen molar-refractivity contribution in [1.82, 2.24) is 9.55 Å². The lowest BCUT2D eigenvalue weighted by Gasteiger charge is -2.23. The molecule has 3 aromatic carbocycles. The molecule has 0 atom stereocenters. The highest BCUT2D eigenvalue weighted by Gasteiger charge is 2.33. The fourth-order valence-electron chi connectivity index (χ4n) is 5.96. The van der Waals surface area contributed by atoms with Gasteiger partial charge in [-0.1, -0.05) is 90.9 Å². The number of aryl methyl sites for hydroxylation is 1. The molecule has 2 heterocycles. The van der Waals surface area contributed by atoms with E-state index in [4.69, 9.17) is 4.98 Å². The second kappa shape index (κ2) is 10.1. The van der Waals surface area contributed by atoms with Gasteiger partial charge in [-0.25, -0.2) is 4.57 Å². The van der Waals surface area contributed by atoms with Gasteiger partial charge in [-0.2, -0.15) is 4.57 Å². The second-order valence-electron chi connectivity index (χ2n) is 12.5. The first kappa shape index (κ1) is 26.9. The molecule has 0 unspecified atom stereocenters. The Hall–Kier alpha value is -3.72. The highest BCUT2D eigenvalue weighted by Crippen LogP contribution is 2.40. The number of aromatic nitrogens is 3. The van der Waals surface area contributed by atoms with E-state index in [1.54, 1.807) is 0 Å². The second-order valence-corrected chi connectivity index (χ2v) is 12.5. The fourth-order valence-corrected chi connectivity index (χ4v) is 5.96. The normalized spacial score (nSPS) is 12.2. The predicted molar refractivity (Wildman–Crippen MR) is 165 cm³/mol. The lowest BCUT2D eigenvalue weighted by Crippen LogP contribution is -2.31. The standard InChI is InChI=1S/C36H42N3/c1-23(2)28-19-27(26-15-11-10-12-16-26)20-29(24(3)4)34(28)39-33-18-14-13-17-32(33)38(9)35(39)30-21-37-22-31(25(30)5)36(6,7)8/h10-24H,1-9H3/q+1. The van der Waals surface area contributed by atoms with E-state index >= 15 is 0 Å². The number of hydrogen-bond acceptors (Lipinski definition) is 1. The zero-order chi connectivity index (χ0) is 28.1. The number of benzene rings is 3. The van der Waals surface area contributed by atoms with Crippen LogP contribution in [0, 0.1) is 6.92 Å². The first-order chi connectivity index (χ1) is 18.5. The van der Waals surface area contributed by atoms with Crippen LogP contribution < -0.4 is 4.57 Å². The zero-order valence-corrected chi connectivity index (χ0v) is 25.0. The predicted octanol–water partition coefficient (Wildman–Crippen LogP) is 9.04. The van der Waals surface area contributed by atoms with Crippen molar-refractivity contribution in [2.45, 2.75) is 72.6 Å². The molecule has 0 fully saturated rings. The summed E-state index contributed by atoms with van der Waals surface area (Å²) in [5.41, 5.74) is 12.7. The molecule has 0 radical (unpaired) electrons. The summed E-state index contributed by atoms with van der Waals surface area (Å²) >= 11 is 0. The van der Waals surface area contributed by atoms with Gasteiger partial charge in [0.1, 0.15) is 5.69 Å². The number of pyridine rings is 1. The van der Waals surface area contributed by atoms with Crippen molar-refractivity contribution in [3.8, 4) is 28.2 Å². The quantitative estimate of drug-likeness (QED) is 0.214. The third-order valence-electron chi connectivity index (χ3n) is 8.02. The summed E-state index contributed by atoms with van der Waals surface area (Å²) in [5.74, 6) is 1.87. The van der Waals surface area contributed by atoms with E-state index in [2.05, 4.69) is 144 Å². The van der Waals surface area contributed by atoms with Gasteiger partial charge >= 0.3 is 0 Å². The van der Waals surface area contributed by atoms with Gasteiger partial charge in [-0.05, 0) is 70.7 Å². The maximum atomic E-state index is 4.78. The van der Waals surface area contributed by atoms with Gasteiger partial charge in [-0.3, -0.25) is 4.98 Å². The number of fused-ring (bicyclic) bond motifs is 1. The van der Waals surface area contributed by atoms with Crippen LogP contribution in [0.3, 0.4) is 0 Å². The van der Waals surface area contributed by atoms with Crippen LogP contribution in [0.2, 0.25) is 0 Å². The monoisotopic (exact) mass is 516 g/mol. The molecule has 0 aliphatic rings. The van der Waals surface area contributed by atoms with E-state index in [1.165, 1.54) is 61.5 Å². The van der Waals surface area contributed by atoms with Gasteiger partial charge in [0, 0.05) is 23.5 Å². The highest BCUT2D eigenvalue weighted by molar-refractivity contribution is 5.82. The molecule has 5 aromatic rings. The van der Waals surface area contributed by atoms with Crippen molar-refractivity contribution in [2.75, 3.05) is 0 Å². The van der Waals surface area contributed by atoms with Gasteiger partial charge in [0.2, 0.25) is 0 Å². The Morgan fingerprint density at radius 2 is 1.36 bits per heavy atom. The summed E-state index contributed by atoms with van der Waals surface area (Å²) in [6.07, 6.45) is 4.09. The lowest BCUT2D eigenvalue weighted by molar-refractivity contribution is -0.633. The minimum atomic E-state index is 0.00598. The molecular weight excluding hydrogens is 474 g/mol. The molecule has 0 bridgehead atoms. The third-order valence-corrected chi connectivity index (χ3v) is 8.02. The van der Waals surface area contributed by atoms with E-state index in [-0.39, 0.29) is 5.41 Å². The fraction of sp³-hybridized carbons (Fsp3) is 0.333. The topological polar surface area (TPSA) is 21.7 Å². The molecule has 2 aromatic heterocycles. The van der Waals surface area contributed by atoms with E-state index in [1.807, 2.05) is 6.20 Å². The van der Waals surface area contributed by atoms with Crippen LogP contribution in [0.15, 0.2) is 79.1 Å². The molecule has 0 N–H and O–H groups in total. The van der Waals surface area contributed by atoms with Gasteiger partial charge in [-0.15, -0.1) is 0 Å². The Kier molecular flexibility index (Phi) is 6.97. The van der Waals surface area contributed by atoms with Gasteiger partial charge < -0.3 is 0 Å². The Labute approximate surface area is 234 Å². The minimum absolute atomic E-state index is 0.00598. The zero-order valence-electron chi connectivity index (χ0n) is 25.0. The number of hydrogen-bond donors (Lipinski definition) is 0. The van der Waals surface area contributed by atoms with Gasteiger partial charge in [0.15, 0.2) is 11.0 Å². The first-order valence-electron chi connectivity index (χ1n) is 14.2. The Balaban J connectivity index is 1.94. The summed E-state index contributed by atoms with van der Waals surface area (Å²) in [6, 6.07) is 24.4. The Bertz CT molecular complexity index is 1620. The third kappa shape index (κ3) is 4.69. The number of rotatable bonds is 5. The molecule has 0 saturated carbocycles. The van der Waals surface area contributed by atoms with Crippen LogP contribution in [0.4, 0.5) is 0 Å². The SMILES string of the molecule is Cc1c(-c2n(-c3c(C(C)C)cc(-c4ccccc4)cc3C(C)C)c3ccccc3[n+]2C)cncc1C(C)(C)C. The van der Waals surface area contributed by atoms with Crippen molar-refractivity contribution in [3.05, 3.63) is 101 Å². The van der Waals surface area contributed by atoms with Crippen molar-refractivity contribution in [3.63, 3.8) is 0 Å². The van der Waals surface area contributed by atoms with Crippen LogP contribution in [-0.4, -0.2) is 9.55 Å². The lowest BCUT2D eigenvalue weighted by atomic mass is 9.84. The molecule has 0 saturated heterocycles. The molecular formula is C36H42N3+. The maximum absolute atomic E-state index is 4.78. The van der Waals surface area contributed by atoms with Crippen LogP contribution >= 0.6 is 0 Å². The van der Waals surface area contributed by atoms with Crippen LogP contribution in [0.5, 0.6) is 0 Å². The number of imidazole rings is 1. The van der Waals surface area contributed by atoms with Crippen LogP contribution in [-0.2, 0) is 12.5 Å². The van der Waals surface area contributed by atoms with Crippen molar-refractivity contribution in [1.29, 1.82) is 0 Å². The van der Waals surface area contributed by atoms with E-state index in [0.29, 0.717) is 11.8 Å². The molecule has 3 heteroatoms. The molecule has 0 aliphatic carbocycles. The molecule has 0 amide bonds. The molecule has 3 nitrogen and oxygen atoms in total. The van der Waals surface area contributed by atoms with E-state index in [0.717, 1.165) is 0 Å². The number of nitrogens with zero attached hydrogens (tertiary/aromatic N) is 3.